The average Bonchev–Trinajstić information content (AvgIpc) is 3.55. The Labute approximate surface area is 285 Å². The quantitative estimate of drug-likeness (QED) is 0.294. The van der Waals surface area contributed by atoms with Crippen molar-refractivity contribution >= 4 is 40.8 Å². The standard InChI is InChI=1S/C31H29ClF4N8O6/c32-18-15-17(31(34,35)36)1-2-20(18)38-22(45)16-43-21-4-12-50-30(5-8-41(9-6-30)27(48)24-25(46)19(33)3-7-37-24)23(21)26(47)44-29(43)39-28(40-44)42-10-13-49-14-11-42/h1-3,7,15,46H,4-6,8-14,16H2,(H,38,45). The van der Waals surface area contributed by atoms with Crippen molar-refractivity contribution in [3.8, 4) is 5.75 Å². The van der Waals surface area contributed by atoms with Crippen LogP contribution in [0.1, 0.15) is 40.2 Å². The number of nitrogens with one attached hydrogen (secondary N) is 1. The van der Waals surface area contributed by atoms with Gasteiger partial charge in [0.1, 0.15) is 12.1 Å². The highest BCUT2D eigenvalue weighted by molar-refractivity contribution is 6.33. The number of benzene rings is 1. The molecule has 0 unspecified atom stereocenters. The molecule has 3 aliphatic rings. The van der Waals surface area contributed by atoms with E-state index < -0.39 is 58.5 Å². The summed E-state index contributed by atoms with van der Waals surface area (Å²) >= 11 is 6.10. The van der Waals surface area contributed by atoms with Crippen LogP contribution in [0.25, 0.3) is 5.78 Å². The third kappa shape index (κ3) is 6.00. The number of likely N-dealkylation sites (tertiary alicyclic amines) is 1. The molecule has 4 aromatic rings. The first-order valence-electron chi connectivity index (χ1n) is 15.7. The van der Waals surface area contributed by atoms with Crippen molar-refractivity contribution in [2.75, 3.05) is 56.2 Å². The number of piperidine rings is 1. The van der Waals surface area contributed by atoms with Crippen LogP contribution < -0.4 is 15.8 Å². The first-order chi connectivity index (χ1) is 23.9. The van der Waals surface area contributed by atoms with Crippen LogP contribution in [-0.2, 0) is 39.0 Å². The zero-order valence-corrected chi connectivity index (χ0v) is 26.9. The number of ether oxygens (including phenoxy) is 2. The molecule has 0 atom stereocenters. The number of anilines is 2. The number of alkyl halides is 3. The number of hydrogen-bond acceptors (Lipinski definition) is 10. The number of hydrogen-bond donors (Lipinski definition) is 2. The summed E-state index contributed by atoms with van der Waals surface area (Å²) in [4.78, 5) is 52.7. The second kappa shape index (κ2) is 12.8. The molecule has 0 radical (unpaired) electrons. The van der Waals surface area contributed by atoms with E-state index in [4.69, 9.17) is 21.1 Å². The highest BCUT2D eigenvalue weighted by Crippen LogP contribution is 2.41. The summed E-state index contributed by atoms with van der Waals surface area (Å²) in [5.41, 5.74) is -2.49. The smallest absolute Gasteiger partial charge is 0.416 e. The highest BCUT2D eigenvalue weighted by atomic mass is 35.5. The second-order valence-electron chi connectivity index (χ2n) is 12.1. The second-order valence-corrected chi connectivity index (χ2v) is 12.5. The molecule has 3 aromatic heterocycles. The van der Waals surface area contributed by atoms with Gasteiger partial charge in [0.2, 0.25) is 17.6 Å². The molecule has 1 spiro atoms. The Morgan fingerprint density at radius 2 is 1.82 bits per heavy atom. The van der Waals surface area contributed by atoms with E-state index in [-0.39, 0.29) is 67.0 Å². The molecule has 3 aliphatic heterocycles. The minimum Gasteiger partial charge on any atom is -0.503 e. The van der Waals surface area contributed by atoms with Crippen LogP contribution in [0.3, 0.4) is 0 Å². The number of aromatic nitrogens is 5. The zero-order chi connectivity index (χ0) is 35.4. The fraction of sp³-hybridized carbons (Fsp3) is 0.419. The van der Waals surface area contributed by atoms with Crippen molar-refractivity contribution in [2.24, 2.45) is 0 Å². The van der Waals surface area contributed by atoms with E-state index in [0.717, 1.165) is 28.9 Å². The van der Waals surface area contributed by atoms with Crippen LogP contribution in [0.5, 0.6) is 5.75 Å². The SMILES string of the molecule is O=C(Cn1c2c(c(=O)n3nc(N4CCOCC4)nc13)C1(CCN(C(=O)c3nccc(F)c3O)CC1)OCC2)Nc1ccc(C(F)(F)F)cc1Cl. The minimum atomic E-state index is -4.63. The highest BCUT2D eigenvalue weighted by Gasteiger charge is 2.46. The molecule has 264 valence electrons. The lowest BCUT2D eigenvalue weighted by Gasteiger charge is -2.44. The normalized spacial score (nSPS) is 17.6. The van der Waals surface area contributed by atoms with E-state index in [1.807, 2.05) is 4.90 Å². The molecule has 6 heterocycles. The van der Waals surface area contributed by atoms with Crippen LogP contribution in [-0.4, -0.2) is 92.0 Å². The van der Waals surface area contributed by atoms with Gasteiger partial charge in [0.25, 0.3) is 11.5 Å². The van der Waals surface area contributed by atoms with Crippen LogP contribution in [0.2, 0.25) is 5.02 Å². The summed E-state index contributed by atoms with van der Waals surface area (Å²) in [6, 6.07) is 3.51. The first-order valence-corrected chi connectivity index (χ1v) is 16.0. The third-order valence-electron chi connectivity index (χ3n) is 9.12. The molecular weight excluding hydrogens is 692 g/mol. The van der Waals surface area contributed by atoms with Crippen LogP contribution in [0.15, 0.2) is 35.3 Å². The third-order valence-corrected chi connectivity index (χ3v) is 9.43. The fourth-order valence-corrected chi connectivity index (χ4v) is 6.84. The van der Waals surface area contributed by atoms with Crippen molar-refractivity contribution in [1.82, 2.24) is 29.0 Å². The first kappa shape index (κ1) is 33.7. The molecule has 2 amide bonds. The number of carbonyl (C=O) groups excluding carboxylic acids is 2. The van der Waals surface area contributed by atoms with Crippen LogP contribution in [0, 0.1) is 5.82 Å². The van der Waals surface area contributed by atoms with Gasteiger partial charge in [0.15, 0.2) is 17.3 Å². The summed E-state index contributed by atoms with van der Waals surface area (Å²) in [5, 5.41) is 16.9. The Morgan fingerprint density at radius 3 is 2.52 bits per heavy atom. The van der Waals surface area contributed by atoms with Gasteiger partial charge in [-0.15, -0.1) is 5.10 Å². The number of pyridine rings is 1. The molecule has 2 saturated heterocycles. The van der Waals surface area contributed by atoms with Gasteiger partial charge in [-0.2, -0.15) is 22.7 Å². The molecular formula is C31H29ClF4N8O6. The molecule has 50 heavy (non-hydrogen) atoms. The van der Waals surface area contributed by atoms with Gasteiger partial charge in [-0.25, -0.2) is 9.37 Å². The van der Waals surface area contributed by atoms with E-state index in [0.29, 0.717) is 38.1 Å². The maximum absolute atomic E-state index is 14.3. The fourth-order valence-electron chi connectivity index (χ4n) is 6.61. The van der Waals surface area contributed by atoms with Crippen molar-refractivity contribution < 1.29 is 41.7 Å². The molecule has 14 nitrogen and oxygen atoms in total. The molecule has 0 bridgehead atoms. The monoisotopic (exact) mass is 720 g/mol. The maximum atomic E-state index is 14.3. The van der Waals surface area contributed by atoms with E-state index in [1.54, 1.807) is 0 Å². The molecule has 0 saturated carbocycles. The topological polar surface area (TPSA) is 156 Å². The number of amides is 2. The minimum absolute atomic E-state index is 0.0401. The summed E-state index contributed by atoms with van der Waals surface area (Å²) < 4.78 is 67.9. The maximum Gasteiger partial charge on any atom is 0.416 e. The van der Waals surface area contributed by atoms with Crippen LogP contribution in [0.4, 0.5) is 29.2 Å². The van der Waals surface area contributed by atoms with E-state index in [9.17, 15) is 37.1 Å². The van der Waals surface area contributed by atoms with E-state index in [1.165, 1.54) is 9.47 Å². The Bertz CT molecular complexity index is 2060. The number of fused-ring (bicyclic) bond motifs is 3. The van der Waals surface area contributed by atoms with Gasteiger partial charge in [0.05, 0.1) is 41.7 Å². The Morgan fingerprint density at radius 1 is 1.08 bits per heavy atom. The summed E-state index contributed by atoms with van der Waals surface area (Å²) in [6.45, 7) is 1.64. The summed E-state index contributed by atoms with van der Waals surface area (Å²) in [7, 11) is 0. The molecule has 2 fully saturated rings. The number of aromatic hydroxyl groups is 1. The predicted octanol–water partition coefficient (Wildman–Crippen LogP) is 2.98. The van der Waals surface area contributed by atoms with Gasteiger partial charge in [0, 0.05) is 44.5 Å². The lowest BCUT2D eigenvalue weighted by atomic mass is 9.81. The number of halogens is 5. The average molecular weight is 721 g/mol. The summed E-state index contributed by atoms with van der Waals surface area (Å²) in [5.74, 6) is -2.88. The van der Waals surface area contributed by atoms with Gasteiger partial charge in [-0.3, -0.25) is 14.4 Å². The lowest BCUT2D eigenvalue weighted by molar-refractivity contribution is -0.137. The van der Waals surface area contributed by atoms with Crippen molar-refractivity contribution in [1.29, 1.82) is 0 Å². The number of rotatable bonds is 5. The van der Waals surface area contributed by atoms with E-state index >= 15 is 0 Å². The largest absolute Gasteiger partial charge is 0.503 e. The molecule has 7 rings (SSSR count). The molecule has 19 heteroatoms. The number of nitrogens with zero attached hydrogens (tertiary/aromatic N) is 7. The van der Waals surface area contributed by atoms with Gasteiger partial charge in [-0.1, -0.05) is 11.6 Å². The summed E-state index contributed by atoms with van der Waals surface area (Å²) in [6.07, 6.45) is -3.06. The van der Waals surface area contributed by atoms with Gasteiger partial charge >= 0.3 is 6.18 Å². The Hall–Kier alpha value is -4.81. The van der Waals surface area contributed by atoms with Crippen molar-refractivity contribution in [3.05, 3.63) is 74.2 Å². The van der Waals surface area contributed by atoms with Crippen LogP contribution >= 0.6 is 11.6 Å². The Balaban J connectivity index is 1.25. The van der Waals surface area contributed by atoms with Gasteiger partial charge in [-0.05, 0) is 37.1 Å². The van der Waals surface area contributed by atoms with Gasteiger partial charge < -0.3 is 34.3 Å². The molecule has 0 aliphatic carbocycles. The van der Waals surface area contributed by atoms with Crippen molar-refractivity contribution in [2.45, 2.75) is 37.6 Å². The Kier molecular flexibility index (Phi) is 8.63. The lowest BCUT2D eigenvalue weighted by Crippen LogP contribution is -2.52. The zero-order valence-electron chi connectivity index (χ0n) is 26.2. The van der Waals surface area contributed by atoms with Crippen molar-refractivity contribution in [3.63, 3.8) is 0 Å². The predicted molar refractivity (Wildman–Crippen MR) is 168 cm³/mol. The molecule has 1 aromatic carbocycles. The molecule has 2 N–H and O–H groups in total. The van der Waals surface area contributed by atoms with E-state index in [2.05, 4.69) is 20.4 Å². The number of carbonyl (C=O) groups is 2. The number of morpholine rings is 1.